The van der Waals surface area contributed by atoms with Gasteiger partial charge in [0.25, 0.3) is 0 Å². The molecule has 1 atom stereocenters. The highest BCUT2D eigenvalue weighted by Crippen LogP contribution is 2.35. The summed E-state index contributed by atoms with van der Waals surface area (Å²) in [6, 6.07) is 6.65. The van der Waals surface area contributed by atoms with Crippen LogP contribution >= 0.6 is 0 Å². The number of hydrogen-bond acceptors (Lipinski definition) is 3. The van der Waals surface area contributed by atoms with Gasteiger partial charge in [-0.15, -0.1) is 0 Å². The molecule has 1 aromatic heterocycles. The third kappa shape index (κ3) is 1.79. The largest absolute Gasteiger partial charge is 0.367 e. The zero-order chi connectivity index (χ0) is 13.6. The number of fused-ring (bicyclic) bond motifs is 1. The van der Waals surface area contributed by atoms with E-state index in [0.717, 1.165) is 31.0 Å². The van der Waals surface area contributed by atoms with Crippen molar-refractivity contribution in [2.45, 2.75) is 44.6 Å². The minimum Gasteiger partial charge on any atom is -0.367 e. The van der Waals surface area contributed by atoms with Crippen molar-refractivity contribution in [3.8, 4) is 5.69 Å². The monoisotopic (exact) mass is 269 g/mol. The number of nitrogens with zero attached hydrogens (tertiary/aromatic N) is 3. The zero-order valence-corrected chi connectivity index (χ0v) is 11.8. The first-order chi connectivity index (χ1) is 9.76. The zero-order valence-electron chi connectivity index (χ0n) is 11.8. The van der Waals surface area contributed by atoms with Crippen molar-refractivity contribution >= 4 is 0 Å². The molecular weight excluding hydrogens is 250 g/mol. The van der Waals surface area contributed by atoms with Crippen LogP contribution in [-0.4, -0.2) is 21.4 Å². The summed E-state index contributed by atoms with van der Waals surface area (Å²) in [5.74, 6) is 0.924. The van der Waals surface area contributed by atoms with Gasteiger partial charge in [0.05, 0.1) is 5.69 Å². The molecule has 4 nitrogen and oxygen atoms in total. The molecule has 1 saturated heterocycles. The molecule has 1 aliphatic carbocycles. The van der Waals surface area contributed by atoms with E-state index in [1.54, 1.807) is 6.33 Å². The predicted octanol–water partition coefficient (Wildman–Crippen LogP) is 2.78. The summed E-state index contributed by atoms with van der Waals surface area (Å²) in [5.41, 5.74) is 3.75. The van der Waals surface area contributed by atoms with Gasteiger partial charge in [0.1, 0.15) is 11.9 Å². The molecule has 2 aliphatic rings. The molecule has 2 aromatic rings. The molecule has 20 heavy (non-hydrogen) atoms. The molecule has 104 valence electrons. The summed E-state index contributed by atoms with van der Waals surface area (Å²) in [7, 11) is 0. The molecule has 4 rings (SSSR count). The molecule has 0 N–H and O–H groups in total. The van der Waals surface area contributed by atoms with Crippen LogP contribution in [0.5, 0.6) is 0 Å². The summed E-state index contributed by atoms with van der Waals surface area (Å²) >= 11 is 0. The molecule has 0 spiro atoms. The maximum atomic E-state index is 5.92. The fourth-order valence-electron chi connectivity index (χ4n) is 3.44. The fraction of sp³-hybridized carbons (Fsp3) is 0.500. The van der Waals surface area contributed by atoms with Gasteiger partial charge in [-0.2, -0.15) is 5.10 Å². The second-order valence-electron chi connectivity index (χ2n) is 5.98. The summed E-state index contributed by atoms with van der Waals surface area (Å²) in [6.45, 7) is 2.93. The Bertz CT molecular complexity index is 641. The van der Waals surface area contributed by atoms with Crippen LogP contribution in [-0.2, 0) is 23.2 Å². The number of aromatic nitrogens is 3. The van der Waals surface area contributed by atoms with Crippen LogP contribution in [0.1, 0.15) is 43.1 Å². The topological polar surface area (TPSA) is 39.9 Å². The highest BCUT2D eigenvalue weighted by Gasteiger charge is 2.36. The van der Waals surface area contributed by atoms with Gasteiger partial charge in [0.2, 0.25) is 0 Å². The Balaban J connectivity index is 1.78. The Morgan fingerprint density at radius 1 is 1.20 bits per heavy atom. The lowest BCUT2D eigenvalue weighted by Gasteiger charge is -2.22. The quantitative estimate of drug-likeness (QED) is 0.841. The van der Waals surface area contributed by atoms with Crippen molar-refractivity contribution in [2.75, 3.05) is 6.61 Å². The Morgan fingerprint density at radius 3 is 2.95 bits per heavy atom. The van der Waals surface area contributed by atoms with E-state index >= 15 is 0 Å². The van der Waals surface area contributed by atoms with Gasteiger partial charge in [-0.25, -0.2) is 9.67 Å². The van der Waals surface area contributed by atoms with E-state index in [1.165, 1.54) is 30.4 Å². The fourth-order valence-corrected chi connectivity index (χ4v) is 3.44. The van der Waals surface area contributed by atoms with Gasteiger partial charge in [-0.3, -0.25) is 0 Å². The average Bonchev–Trinajstić information content (AvgIpc) is 3.18. The molecule has 0 saturated carbocycles. The van der Waals surface area contributed by atoms with Gasteiger partial charge in [-0.1, -0.05) is 6.07 Å². The van der Waals surface area contributed by atoms with Crippen molar-refractivity contribution in [1.29, 1.82) is 0 Å². The number of rotatable bonds is 2. The maximum absolute atomic E-state index is 5.92. The minimum absolute atomic E-state index is 0.296. The molecule has 1 fully saturated rings. The average molecular weight is 269 g/mol. The van der Waals surface area contributed by atoms with Crippen LogP contribution in [0.4, 0.5) is 0 Å². The Kier molecular flexibility index (Phi) is 2.67. The number of aryl methyl sites for hydroxylation is 2. The third-order valence-electron chi connectivity index (χ3n) is 4.57. The molecule has 1 aliphatic heterocycles. The summed E-state index contributed by atoms with van der Waals surface area (Å²) in [6.07, 6.45) is 7.39. The van der Waals surface area contributed by atoms with Crippen molar-refractivity contribution in [3.63, 3.8) is 0 Å². The standard InChI is InChI=1S/C16H19N3O/c1-16(8-3-9-20-16)15-17-11-18-19(15)14-7-6-12-4-2-5-13(12)10-14/h6-7,10-11H,2-5,8-9H2,1H3/t16-/m0/s1. The lowest BCUT2D eigenvalue weighted by atomic mass is 10.0. The lowest BCUT2D eigenvalue weighted by molar-refractivity contribution is 0.00765. The molecule has 4 heteroatoms. The van der Waals surface area contributed by atoms with E-state index in [0.29, 0.717) is 0 Å². The number of hydrogen-bond donors (Lipinski definition) is 0. The van der Waals surface area contributed by atoms with Crippen LogP contribution in [0.3, 0.4) is 0 Å². The SMILES string of the molecule is C[C@@]1(c2ncnn2-c2ccc3c(c2)CCC3)CCCO1. The third-order valence-corrected chi connectivity index (χ3v) is 4.57. The van der Waals surface area contributed by atoms with E-state index < -0.39 is 0 Å². The van der Waals surface area contributed by atoms with Crippen LogP contribution in [0.2, 0.25) is 0 Å². The van der Waals surface area contributed by atoms with Gasteiger partial charge in [0, 0.05) is 6.61 Å². The van der Waals surface area contributed by atoms with Gasteiger partial charge in [-0.05, 0) is 62.3 Å². The predicted molar refractivity (Wildman–Crippen MR) is 75.9 cm³/mol. The van der Waals surface area contributed by atoms with Gasteiger partial charge < -0.3 is 4.74 Å². The summed E-state index contributed by atoms with van der Waals surface area (Å²) < 4.78 is 7.86. The normalized spacial score (nSPS) is 25.1. The van der Waals surface area contributed by atoms with Gasteiger partial charge >= 0.3 is 0 Å². The Morgan fingerprint density at radius 2 is 2.10 bits per heavy atom. The van der Waals surface area contributed by atoms with E-state index in [1.807, 2.05) is 4.68 Å². The van der Waals surface area contributed by atoms with E-state index in [2.05, 4.69) is 35.2 Å². The first kappa shape index (κ1) is 12.1. The smallest absolute Gasteiger partial charge is 0.163 e. The van der Waals surface area contributed by atoms with Gasteiger partial charge in [0.15, 0.2) is 5.82 Å². The van der Waals surface area contributed by atoms with E-state index in [-0.39, 0.29) is 5.60 Å². The highest BCUT2D eigenvalue weighted by molar-refractivity contribution is 5.43. The first-order valence-electron chi connectivity index (χ1n) is 7.43. The van der Waals surface area contributed by atoms with Crippen molar-refractivity contribution in [3.05, 3.63) is 41.5 Å². The first-order valence-corrected chi connectivity index (χ1v) is 7.43. The molecule has 1 aromatic carbocycles. The summed E-state index contributed by atoms with van der Waals surface area (Å²) in [4.78, 5) is 4.47. The maximum Gasteiger partial charge on any atom is 0.163 e. The molecule has 0 unspecified atom stereocenters. The summed E-state index contributed by atoms with van der Waals surface area (Å²) in [5, 5.41) is 4.43. The number of ether oxygens (including phenoxy) is 1. The Labute approximate surface area is 118 Å². The number of benzene rings is 1. The molecule has 0 amide bonds. The van der Waals surface area contributed by atoms with Crippen LogP contribution in [0.25, 0.3) is 5.69 Å². The second-order valence-corrected chi connectivity index (χ2v) is 5.98. The van der Waals surface area contributed by atoms with Crippen LogP contribution < -0.4 is 0 Å². The van der Waals surface area contributed by atoms with Crippen molar-refractivity contribution in [1.82, 2.24) is 14.8 Å². The second kappa shape index (κ2) is 4.42. The lowest BCUT2D eigenvalue weighted by Crippen LogP contribution is -2.25. The minimum atomic E-state index is -0.296. The molecule has 2 heterocycles. The Hall–Kier alpha value is -1.68. The van der Waals surface area contributed by atoms with Crippen LogP contribution in [0.15, 0.2) is 24.5 Å². The van der Waals surface area contributed by atoms with Crippen LogP contribution in [0, 0.1) is 0 Å². The van der Waals surface area contributed by atoms with E-state index in [4.69, 9.17) is 4.74 Å². The van der Waals surface area contributed by atoms with E-state index in [9.17, 15) is 0 Å². The molecule has 0 bridgehead atoms. The van der Waals surface area contributed by atoms with Crippen molar-refractivity contribution in [2.24, 2.45) is 0 Å². The highest BCUT2D eigenvalue weighted by atomic mass is 16.5. The molecule has 0 radical (unpaired) electrons. The molecular formula is C16H19N3O. The van der Waals surface area contributed by atoms with Crippen molar-refractivity contribution < 1.29 is 4.74 Å².